The molecule has 7 nitrogen and oxygen atoms in total. The molecule has 0 radical (unpaired) electrons. The number of hydrogen-bond donors (Lipinski definition) is 0. The van der Waals surface area contributed by atoms with Crippen LogP contribution < -0.4 is 0 Å². The summed E-state index contributed by atoms with van der Waals surface area (Å²) in [5.74, 6) is -0.606. The fraction of sp³-hybridized carbons (Fsp3) is 0.333. The van der Waals surface area contributed by atoms with Crippen molar-refractivity contribution in [2.45, 2.75) is 19.3 Å². The largest absolute Gasteiger partial charge is 0.452 e. The molecule has 0 aromatic heterocycles. The van der Waals surface area contributed by atoms with E-state index < -0.39 is 17.5 Å². The number of esters is 1. The topological polar surface area (TPSA) is 89.8 Å². The van der Waals surface area contributed by atoms with Crippen molar-refractivity contribution in [3.8, 4) is 0 Å². The lowest BCUT2D eigenvalue weighted by Gasteiger charge is -2.32. The molecule has 1 heterocycles. The molecule has 1 aliphatic rings. The molecule has 0 bridgehead atoms. The molecule has 1 saturated heterocycles. The molecule has 2 aromatic carbocycles. The summed E-state index contributed by atoms with van der Waals surface area (Å²) in [6.45, 7) is 0.840. The van der Waals surface area contributed by atoms with Crippen LogP contribution in [0.15, 0.2) is 54.6 Å². The van der Waals surface area contributed by atoms with Crippen molar-refractivity contribution < 1.29 is 19.2 Å². The lowest BCUT2D eigenvalue weighted by molar-refractivity contribution is -0.385. The molecule has 2 aromatic rings. The van der Waals surface area contributed by atoms with Crippen LogP contribution in [0.4, 0.5) is 5.69 Å². The molecule has 0 unspecified atom stereocenters. The molecule has 1 aliphatic heterocycles. The van der Waals surface area contributed by atoms with Crippen molar-refractivity contribution in [3.63, 3.8) is 0 Å². The molecule has 0 atom stereocenters. The lowest BCUT2D eigenvalue weighted by atomic mass is 9.90. The number of piperidine rings is 1. The molecule has 146 valence electrons. The van der Waals surface area contributed by atoms with Gasteiger partial charge in [0.25, 0.3) is 11.6 Å². The Morgan fingerprint density at radius 2 is 1.68 bits per heavy atom. The fourth-order valence-corrected chi connectivity index (χ4v) is 3.44. The number of ether oxygens (including phenoxy) is 1. The standard InChI is InChI=1S/C21H22N2O5/c24-20(15-28-21(25)18-8-4-5-9-19(18)23(26)27)22-12-10-17(11-13-22)14-16-6-2-1-3-7-16/h1-9,17H,10-15H2. The van der Waals surface area contributed by atoms with Crippen LogP contribution in [0.3, 0.4) is 0 Å². The Hall–Kier alpha value is -3.22. The van der Waals surface area contributed by atoms with Gasteiger partial charge in [0.1, 0.15) is 5.56 Å². The maximum Gasteiger partial charge on any atom is 0.345 e. The van der Waals surface area contributed by atoms with Gasteiger partial charge in [-0.15, -0.1) is 0 Å². The van der Waals surface area contributed by atoms with E-state index in [4.69, 9.17) is 4.74 Å². The second kappa shape index (κ2) is 9.12. The van der Waals surface area contributed by atoms with Gasteiger partial charge in [-0.2, -0.15) is 0 Å². The molecular weight excluding hydrogens is 360 g/mol. The third-order valence-corrected chi connectivity index (χ3v) is 4.98. The monoisotopic (exact) mass is 382 g/mol. The number of nitrogens with zero attached hydrogens (tertiary/aromatic N) is 2. The van der Waals surface area contributed by atoms with E-state index in [-0.39, 0.29) is 17.2 Å². The Morgan fingerprint density at radius 1 is 1.04 bits per heavy atom. The molecule has 0 saturated carbocycles. The molecule has 0 spiro atoms. The smallest absolute Gasteiger partial charge is 0.345 e. The predicted octanol–water partition coefficient (Wildman–Crippen LogP) is 3.23. The van der Waals surface area contributed by atoms with Gasteiger partial charge < -0.3 is 9.64 Å². The number of likely N-dealkylation sites (tertiary alicyclic amines) is 1. The summed E-state index contributed by atoms with van der Waals surface area (Å²) < 4.78 is 5.02. The Bertz CT molecular complexity index is 845. The zero-order valence-electron chi connectivity index (χ0n) is 15.5. The summed E-state index contributed by atoms with van der Waals surface area (Å²) in [6.07, 6.45) is 2.80. The Balaban J connectivity index is 1.47. The van der Waals surface area contributed by atoms with Gasteiger partial charge in [-0.1, -0.05) is 42.5 Å². The van der Waals surface area contributed by atoms with Gasteiger partial charge in [0, 0.05) is 19.2 Å². The number of amides is 1. The van der Waals surface area contributed by atoms with Gasteiger partial charge >= 0.3 is 5.97 Å². The number of rotatable bonds is 6. The van der Waals surface area contributed by atoms with Crippen LogP contribution in [-0.2, 0) is 16.0 Å². The minimum atomic E-state index is -0.861. The fourth-order valence-electron chi connectivity index (χ4n) is 3.44. The van der Waals surface area contributed by atoms with Gasteiger partial charge in [0.05, 0.1) is 4.92 Å². The van der Waals surface area contributed by atoms with E-state index in [0.717, 1.165) is 19.3 Å². The first-order valence-electron chi connectivity index (χ1n) is 9.27. The number of carbonyl (C=O) groups excluding carboxylic acids is 2. The zero-order chi connectivity index (χ0) is 19.9. The van der Waals surface area contributed by atoms with Gasteiger partial charge in [-0.3, -0.25) is 14.9 Å². The van der Waals surface area contributed by atoms with E-state index >= 15 is 0 Å². The van der Waals surface area contributed by atoms with E-state index in [1.807, 2.05) is 18.2 Å². The summed E-state index contributed by atoms with van der Waals surface area (Å²) >= 11 is 0. The second-order valence-corrected chi connectivity index (χ2v) is 6.86. The van der Waals surface area contributed by atoms with E-state index in [9.17, 15) is 19.7 Å². The number of benzene rings is 2. The van der Waals surface area contributed by atoms with E-state index in [1.54, 1.807) is 4.90 Å². The molecule has 0 aliphatic carbocycles. The normalized spacial score (nSPS) is 14.5. The Morgan fingerprint density at radius 3 is 2.36 bits per heavy atom. The third-order valence-electron chi connectivity index (χ3n) is 4.98. The number of hydrogen-bond acceptors (Lipinski definition) is 5. The number of para-hydroxylation sites is 1. The van der Waals surface area contributed by atoms with Crippen LogP contribution in [0, 0.1) is 16.0 Å². The molecular formula is C21H22N2O5. The highest BCUT2D eigenvalue weighted by atomic mass is 16.6. The van der Waals surface area contributed by atoms with Crippen molar-refractivity contribution in [2.75, 3.05) is 19.7 Å². The first-order valence-corrected chi connectivity index (χ1v) is 9.27. The number of nitro benzene ring substituents is 1. The van der Waals surface area contributed by atoms with E-state index in [1.165, 1.54) is 29.8 Å². The molecule has 0 N–H and O–H groups in total. The van der Waals surface area contributed by atoms with Gasteiger partial charge in [-0.05, 0) is 36.8 Å². The van der Waals surface area contributed by atoms with E-state index in [0.29, 0.717) is 19.0 Å². The molecule has 28 heavy (non-hydrogen) atoms. The minimum Gasteiger partial charge on any atom is -0.452 e. The molecule has 1 amide bonds. The number of carbonyl (C=O) groups is 2. The maximum atomic E-state index is 12.3. The Kier molecular flexibility index (Phi) is 6.37. The Labute approximate surface area is 163 Å². The summed E-state index contributed by atoms with van der Waals surface area (Å²) in [5.41, 5.74) is 0.814. The van der Waals surface area contributed by atoms with Crippen LogP contribution in [0.2, 0.25) is 0 Å². The lowest BCUT2D eigenvalue weighted by Crippen LogP contribution is -2.41. The van der Waals surface area contributed by atoms with Crippen molar-refractivity contribution >= 4 is 17.6 Å². The zero-order valence-corrected chi connectivity index (χ0v) is 15.5. The van der Waals surface area contributed by atoms with E-state index in [2.05, 4.69) is 12.1 Å². The molecule has 3 rings (SSSR count). The maximum absolute atomic E-state index is 12.3. The van der Waals surface area contributed by atoms with Crippen molar-refractivity contribution in [1.29, 1.82) is 0 Å². The average Bonchev–Trinajstić information content (AvgIpc) is 2.73. The first kappa shape index (κ1) is 19.5. The summed E-state index contributed by atoms with van der Waals surface area (Å²) in [4.78, 5) is 36.5. The predicted molar refractivity (Wildman–Crippen MR) is 103 cm³/mol. The summed E-state index contributed by atoms with van der Waals surface area (Å²) in [5, 5.41) is 11.0. The second-order valence-electron chi connectivity index (χ2n) is 6.86. The van der Waals surface area contributed by atoms with Crippen LogP contribution in [0.25, 0.3) is 0 Å². The van der Waals surface area contributed by atoms with Gasteiger partial charge in [-0.25, -0.2) is 4.79 Å². The van der Waals surface area contributed by atoms with Gasteiger partial charge in [0.2, 0.25) is 0 Å². The highest BCUT2D eigenvalue weighted by Gasteiger charge is 2.25. The summed E-state index contributed by atoms with van der Waals surface area (Å²) in [6, 6.07) is 15.8. The third kappa shape index (κ3) is 4.94. The van der Waals surface area contributed by atoms with Crippen LogP contribution in [0.1, 0.15) is 28.8 Å². The average molecular weight is 382 g/mol. The summed E-state index contributed by atoms with van der Waals surface area (Å²) in [7, 11) is 0. The van der Waals surface area contributed by atoms with Crippen LogP contribution >= 0.6 is 0 Å². The highest BCUT2D eigenvalue weighted by Crippen LogP contribution is 2.22. The van der Waals surface area contributed by atoms with Crippen LogP contribution in [-0.4, -0.2) is 41.4 Å². The van der Waals surface area contributed by atoms with Crippen molar-refractivity contribution in [3.05, 3.63) is 75.8 Å². The number of nitro groups is 1. The first-order chi connectivity index (χ1) is 13.5. The minimum absolute atomic E-state index is 0.151. The molecule has 7 heteroatoms. The highest BCUT2D eigenvalue weighted by molar-refractivity contribution is 5.95. The quantitative estimate of drug-likeness (QED) is 0.435. The van der Waals surface area contributed by atoms with Crippen molar-refractivity contribution in [1.82, 2.24) is 4.90 Å². The SMILES string of the molecule is O=C(OCC(=O)N1CCC(Cc2ccccc2)CC1)c1ccccc1[N+](=O)[O-]. The molecule has 1 fully saturated rings. The van der Waals surface area contributed by atoms with Crippen molar-refractivity contribution in [2.24, 2.45) is 5.92 Å². The van der Waals surface area contributed by atoms with Crippen LogP contribution in [0.5, 0.6) is 0 Å². The van der Waals surface area contributed by atoms with Gasteiger partial charge in [0.15, 0.2) is 6.61 Å².